The van der Waals surface area contributed by atoms with Crippen molar-refractivity contribution in [3.8, 4) is 0 Å². The van der Waals surface area contributed by atoms with Crippen molar-refractivity contribution in [2.45, 2.75) is 85.6 Å². The average molecular weight is 535 g/mol. The van der Waals surface area contributed by atoms with Gasteiger partial charge in [0.2, 0.25) is 5.91 Å². The predicted molar refractivity (Wildman–Crippen MR) is 161 cm³/mol. The highest BCUT2D eigenvalue weighted by Crippen LogP contribution is 2.33. The molecule has 214 valence electrons. The molecular weight excluding hydrogens is 484 g/mol. The SMILES string of the molecule is C=C(C)C1(C)C=CC=C(CC(NC(=O)CC2c3ccccc3CCN2CC)C(O)OCCC(C)C(C)C)C=C1. The first-order valence-electron chi connectivity index (χ1n) is 14.7. The lowest BCUT2D eigenvalue weighted by molar-refractivity contribution is -0.138. The number of hydrogen-bond donors (Lipinski definition) is 2. The van der Waals surface area contributed by atoms with E-state index in [2.05, 4.69) is 93.9 Å². The molecule has 5 atom stereocenters. The Kier molecular flexibility index (Phi) is 11.3. The van der Waals surface area contributed by atoms with Crippen LogP contribution >= 0.6 is 0 Å². The van der Waals surface area contributed by atoms with Gasteiger partial charge in [-0.2, -0.15) is 0 Å². The van der Waals surface area contributed by atoms with Gasteiger partial charge in [0.25, 0.3) is 0 Å². The first-order valence-corrected chi connectivity index (χ1v) is 14.7. The van der Waals surface area contributed by atoms with Crippen LogP contribution < -0.4 is 5.32 Å². The minimum Gasteiger partial charge on any atom is -0.366 e. The van der Waals surface area contributed by atoms with Gasteiger partial charge in [-0.15, -0.1) is 0 Å². The van der Waals surface area contributed by atoms with E-state index in [1.807, 2.05) is 19.1 Å². The molecule has 0 fully saturated rings. The lowest BCUT2D eigenvalue weighted by Gasteiger charge is -2.36. The van der Waals surface area contributed by atoms with E-state index >= 15 is 0 Å². The number of fused-ring (bicyclic) bond motifs is 1. The van der Waals surface area contributed by atoms with Crippen LogP contribution in [-0.4, -0.2) is 47.9 Å². The van der Waals surface area contributed by atoms with Crippen molar-refractivity contribution in [2.24, 2.45) is 17.3 Å². The molecule has 3 rings (SSSR count). The summed E-state index contributed by atoms with van der Waals surface area (Å²) in [4.78, 5) is 15.9. The molecule has 2 aliphatic rings. The van der Waals surface area contributed by atoms with Crippen molar-refractivity contribution in [1.29, 1.82) is 0 Å². The van der Waals surface area contributed by atoms with Crippen LogP contribution in [0.4, 0.5) is 0 Å². The molecular formula is C34H50N2O3. The standard InChI is InChI=1S/C34H50N2O3/c1-8-36-20-16-28-13-9-10-14-29(28)31(36)23-32(37)35-30(33(38)39-21-17-26(6)24(2)3)22-27-12-11-18-34(7,19-15-27)25(4)5/h9-15,18-19,24,26,30-31,33,38H,4,8,16-17,20-23H2,1-3,5-7H3,(H,35,37). The number of carbonyl (C=O) groups is 1. The normalized spacial score (nSPS) is 23.5. The molecule has 1 aliphatic carbocycles. The number of aliphatic hydroxyl groups excluding tert-OH is 1. The monoisotopic (exact) mass is 534 g/mol. The summed E-state index contributed by atoms with van der Waals surface area (Å²) in [6.45, 7) is 19.3. The Balaban J connectivity index is 1.75. The molecule has 39 heavy (non-hydrogen) atoms. The topological polar surface area (TPSA) is 61.8 Å². The van der Waals surface area contributed by atoms with Crippen molar-refractivity contribution in [2.75, 3.05) is 19.7 Å². The Morgan fingerprint density at radius 1 is 1.26 bits per heavy atom. The van der Waals surface area contributed by atoms with E-state index in [9.17, 15) is 9.90 Å². The van der Waals surface area contributed by atoms with E-state index in [1.165, 1.54) is 11.1 Å². The second kappa shape index (κ2) is 14.2. The fraction of sp³-hybridized carbons (Fsp3) is 0.559. The van der Waals surface area contributed by atoms with E-state index in [0.29, 0.717) is 31.3 Å². The van der Waals surface area contributed by atoms with Crippen LogP contribution in [0, 0.1) is 17.3 Å². The smallest absolute Gasteiger partial charge is 0.222 e. The van der Waals surface area contributed by atoms with E-state index in [1.54, 1.807) is 0 Å². The number of aliphatic hydroxyl groups is 1. The quantitative estimate of drug-likeness (QED) is 0.223. The van der Waals surface area contributed by atoms with E-state index < -0.39 is 12.3 Å². The van der Waals surface area contributed by atoms with Crippen LogP contribution in [0.2, 0.25) is 0 Å². The molecule has 1 aliphatic heterocycles. The fourth-order valence-corrected chi connectivity index (χ4v) is 5.25. The molecule has 0 spiro atoms. The van der Waals surface area contributed by atoms with Crippen LogP contribution in [0.25, 0.3) is 0 Å². The zero-order chi connectivity index (χ0) is 28.6. The zero-order valence-corrected chi connectivity index (χ0v) is 25.0. The minimum absolute atomic E-state index is 0.0294. The van der Waals surface area contributed by atoms with Gasteiger partial charge in [-0.05, 0) is 68.2 Å². The number of rotatable bonds is 13. The molecule has 1 amide bonds. The first kappa shape index (κ1) is 31.1. The average Bonchev–Trinajstić information content (AvgIpc) is 3.10. The van der Waals surface area contributed by atoms with Crippen LogP contribution in [-0.2, 0) is 16.0 Å². The van der Waals surface area contributed by atoms with Crippen molar-refractivity contribution in [3.05, 3.63) is 83.5 Å². The van der Waals surface area contributed by atoms with Gasteiger partial charge >= 0.3 is 0 Å². The maximum atomic E-state index is 13.5. The number of nitrogens with one attached hydrogen (secondary N) is 1. The molecule has 0 saturated carbocycles. The molecule has 5 heteroatoms. The number of benzene rings is 1. The molecule has 1 heterocycles. The summed E-state index contributed by atoms with van der Waals surface area (Å²) in [7, 11) is 0. The second-order valence-electron chi connectivity index (χ2n) is 11.9. The third kappa shape index (κ3) is 8.51. The number of hydrogen-bond acceptors (Lipinski definition) is 4. The van der Waals surface area contributed by atoms with Gasteiger partial charge in [0.1, 0.15) is 0 Å². The summed E-state index contributed by atoms with van der Waals surface area (Å²) in [5, 5.41) is 14.3. The van der Waals surface area contributed by atoms with Crippen LogP contribution in [0.1, 0.15) is 78.0 Å². The van der Waals surface area contributed by atoms with Crippen LogP contribution in [0.3, 0.4) is 0 Å². The van der Waals surface area contributed by atoms with Gasteiger partial charge in [0, 0.05) is 24.4 Å². The highest BCUT2D eigenvalue weighted by molar-refractivity contribution is 5.77. The van der Waals surface area contributed by atoms with E-state index in [-0.39, 0.29) is 17.4 Å². The third-order valence-electron chi connectivity index (χ3n) is 8.77. The van der Waals surface area contributed by atoms with Gasteiger partial charge in [-0.1, -0.05) is 94.5 Å². The molecule has 1 aromatic carbocycles. The number of nitrogens with zero attached hydrogens (tertiary/aromatic N) is 1. The Morgan fingerprint density at radius 2 is 2.00 bits per heavy atom. The summed E-state index contributed by atoms with van der Waals surface area (Å²) in [5.41, 5.74) is 4.41. The van der Waals surface area contributed by atoms with Gasteiger partial charge < -0.3 is 15.2 Å². The highest BCUT2D eigenvalue weighted by Gasteiger charge is 2.30. The van der Waals surface area contributed by atoms with E-state index in [4.69, 9.17) is 4.74 Å². The summed E-state index contributed by atoms with van der Waals surface area (Å²) in [6, 6.07) is 7.91. The lowest BCUT2D eigenvalue weighted by atomic mass is 9.83. The molecule has 0 bridgehead atoms. The Morgan fingerprint density at radius 3 is 2.69 bits per heavy atom. The maximum absolute atomic E-state index is 13.5. The second-order valence-corrected chi connectivity index (χ2v) is 11.9. The van der Waals surface area contributed by atoms with Crippen LogP contribution in [0.15, 0.2) is 72.4 Å². The number of allylic oxidation sites excluding steroid dienone is 6. The van der Waals surface area contributed by atoms with Gasteiger partial charge in [-0.25, -0.2) is 0 Å². The number of carbonyl (C=O) groups excluding carboxylic acids is 1. The summed E-state index contributed by atoms with van der Waals surface area (Å²) < 4.78 is 5.91. The van der Waals surface area contributed by atoms with Crippen LogP contribution in [0.5, 0.6) is 0 Å². The van der Waals surface area contributed by atoms with Gasteiger partial charge in [0.15, 0.2) is 6.29 Å². The fourth-order valence-electron chi connectivity index (χ4n) is 5.25. The third-order valence-corrected chi connectivity index (χ3v) is 8.77. The van der Waals surface area contributed by atoms with E-state index in [0.717, 1.165) is 37.1 Å². The Hall–Kier alpha value is -2.47. The summed E-state index contributed by atoms with van der Waals surface area (Å²) in [6.07, 6.45) is 12.0. The highest BCUT2D eigenvalue weighted by atomic mass is 16.6. The Bertz CT molecular complexity index is 1070. The lowest BCUT2D eigenvalue weighted by Crippen LogP contribution is -2.46. The van der Waals surface area contributed by atoms with Crippen molar-refractivity contribution in [1.82, 2.24) is 10.2 Å². The molecule has 0 radical (unpaired) electrons. The van der Waals surface area contributed by atoms with Gasteiger partial charge in [-0.3, -0.25) is 9.69 Å². The number of likely N-dealkylation sites (N-methyl/N-ethyl adjacent to an activating group) is 1. The minimum atomic E-state index is -1.09. The molecule has 5 unspecified atom stereocenters. The maximum Gasteiger partial charge on any atom is 0.222 e. The van der Waals surface area contributed by atoms with Crippen molar-refractivity contribution >= 4 is 5.91 Å². The predicted octanol–water partition coefficient (Wildman–Crippen LogP) is 6.52. The number of ether oxygens (including phenoxy) is 1. The molecule has 1 aromatic rings. The molecule has 2 N–H and O–H groups in total. The zero-order valence-electron chi connectivity index (χ0n) is 25.0. The van der Waals surface area contributed by atoms with Crippen molar-refractivity contribution < 1.29 is 14.6 Å². The number of amides is 1. The molecule has 5 nitrogen and oxygen atoms in total. The molecule has 0 saturated heterocycles. The Labute approximate surface area is 236 Å². The molecule has 0 aromatic heterocycles. The first-order chi connectivity index (χ1) is 18.5. The largest absolute Gasteiger partial charge is 0.366 e. The van der Waals surface area contributed by atoms with Crippen molar-refractivity contribution in [3.63, 3.8) is 0 Å². The summed E-state index contributed by atoms with van der Waals surface area (Å²) >= 11 is 0. The van der Waals surface area contributed by atoms with Gasteiger partial charge in [0.05, 0.1) is 12.6 Å². The summed E-state index contributed by atoms with van der Waals surface area (Å²) in [5.74, 6) is 0.977.